The minimum Gasteiger partial charge on any atom is -0.352 e. The van der Waals surface area contributed by atoms with E-state index >= 15 is 0 Å². The van der Waals surface area contributed by atoms with E-state index in [1.54, 1.807) is 29.1 Å². The number of benzene rings is 1. The highest BCUT2D eigenvalue weighted by atomic mass is 19.1. The highest BCUT2D eigenvalue weighted by Gasteiger charge is 2.26. The molecule has 0 radical (unpaired) electrons. The molecule has 0 atom stereocenters. The lowest BCUT2D eigenvalue weighted by atomic mass is 9.95. The first-order chi connectivity index (χ1) is 13.1. The van der Waals surface area contributed by atoms with Crippen molar-refractivity contribution in [3.05, 3.63) is 48.3 Å². The molecule has 1 fully saturated rings. The Hall–Kier alpha value is -2.70. The molecule has 0 unspecified atom stereocenters. The molecular weight excluding hydrogens is 347 g/mol. The van der Waals surface area contributed by atoms with Gasteiger partial charge in [0.05, 0.1) is 12.0 Å². The molecular formula is C20H25FN4O2. The average molecular weight is 372 g/mol. The van der Waals surface area contributed by atoms with Crippen LogP contribution in [0.15, 0.2) is 36.9 Å². The first kappa shape index (κ1) is 19.1. The molecule has 1 aliphatic rings. The number of halogens is 1. The molecule has 3 rings (SSSR count). The van der Waals surface area contributed by atoms with Crippen LogP contribution in [0, 0.1) is 11.7 Å². The molecule has 1 N–H and O–H groups in total. The van der Waals surface area contributed by atoms with Gasteiger partial charge in [0.1, 0.15) is 5.82 Å². The fraction of sp³-hybridized carbons (Fsp3) is 0.450. The second-order valence-corrected chi connectivity index (χ2v) is 6.88. The van der Waals surface area contributed by atoms with Crippen LogP contribution in [0.3, 0.4) is 0 Å². The largest absolute Gasteiger partial charge is 0.352 e. The third-order valence-electron chi connectivity index (χ3n) is 4.94. The number of carbonyl (C=O) groups is 2. The average Bonchev–Trinajstić information content (AvgIpc) is 3.21. The van der Waals surface area contributed by atoms with Crippen molar-refractivity contribution in [3.63, 3.8) is 0 Å². The monoisotopic (exact) mass is 372 g/mol. The predicted molar refractivity (Wildman–Crippen MR) is 99.6 cm³/mol. The minimum absolute atomic E-state index is 0.0308. The maximum Gasteiger partial charge on any atom is 0.223 e. The zero-order valence-electron chi connectivity index (χ0n) is 15.5. The molecule has 2 heterocycles. The van der Waals surface area contributed by atoms with E-state index < -0.39 is 0 Å². The second-order valence-electron chi connectivity index (χ2n) is 6.88. The van der Waals surface area contributed by atoms with E-state index in [0.717, 1.165) is 6.42 Å². The van der Waals surface area contributed by atoms with Crippen molar-refractivity contribution in [1.82, 2.24) is 19.8 Å². The third-order valence-corrected chi connectivity index (χ3v) is 4.94. The van der Waals surface area contributed by atoms with Gasteiger partial charge < -0.3 is 14.8 Å². The molecule has 0 bridgehead atoms. The number of rotatable bonds is 6. The Bertz CT molecular complexity index is 783. The molecule has 27 heavy (non-hydrogen) atoms. The Morgan fingerprint density at radius 2 is 2.07 bits per heavy atom. The normalized spacial score (nSPS) is 15.0. The molecule has 7 heteroatoms. The molecule has 2 aromatic rings. The second kappa shape index (κ2) is 8.79. The Balaban J connectivity index is 1.50. The summed E-state index contributed by atoms with van der Waals surface area (Å²) in [7, 11) is 0. The van der Waals surface area contributed by atoms with Crippen LogP contribution in [0.5, 0.6) is 0 Å². The summed E-state index contributed by atoms with van der Waals surface area (Å²) in [5, 5.41) is 2.89. The van der Waals surface area contributed by atoms with Gasteiger partial charge in [-0.2, -0.15) is 0 Å². The summed E-state index contributed by atoms with van der Waals surface area (Å²) < 4.78 is 15.9. The van der Waals surface area contributed by atoms with Gasteiger partial charge in [-0.15, -0.1) is 0 Å². The summed E-state index contributed by atoms with van der Waals surface area (Å²) in [5.41, 5.74) is 1.13. The van der Waals surface area contributed by atoms with Crippen LogP contribution in [0.2, 0.25) is 0 Å². The van der Waals surface area contributed by atoms with E-state index in [0.29, 0.717) is 43.6 Å². The van der Waals surface area contributed by atoms with E-state index in [2.05, 4.69) is 10.3 Å². The first-order valence-electron chi connectivity index (χ1n) is 9.40. The van der Waals surface area contributed by atoms with Gasteiger partial charge >= 0.3 is 0 Å². The number of nitrogens with one attached hydrogen (secondary N) is 1. The third kappa shape index (κ3) is 4.72. The Kier molecular flexibility index (Phi) is 6.21. The fourth-order valence-electron chi connectivity index (χ4n) is 3.37. The number of amides is 2. The predicted octanol–water partition coefficient (Wildman–Crippen LogP) is 2.67. The van der Waals surface area contributed by atoms with E-state index in [1.807, 2.05) is 11.8 Å². The molecule has 6 nitrogen and oxygen atoms in total. The number of carbonyl (C=O) groups excluding carboxylic acids is 2. The van der Waals surface area contributed by atoms with Crippen LogP contribution in [0.25, 0.3) is 5.69 Å². The zero-order valence-corrected chi connectivity index (χ0v) is 15.5. The smallest absolute Gasteiger partial charge is 0.223 e. The number of aromatic nitrogens is 2. The van der Waals surface area contributed by atoms with Crippen molar-refractivity contribution in [2.24, 2.45) is 5.92 Å². The minimum atomic E-state index is -0.359. The van der Waals surface area contributed by atoms with Crippen molar-refractivity contribution in [2.45, 2.75) is 39.2 Å². The fourth-order valence-corrected chi connectivity index (χ4v) is 3.37. The topological polar surface area (TPSA) is 67.2 Å². The lowest BCUT2D eigenvalue weighted by Gasteiger charge is -2.31. The number of nitrogens with zero attached hydrogens (tertiary/aromatic N) is 3. The maximum absolute atomic E-state index is 14.3. The Labute approximate surface area is 158 Å². The summed E-state index contributed by atoms with van der Waals surface area (Å²) in [6.45, 7) is 3.54. The maximum atomic E-state index is 14.3. The first-order valence-corrected chi connectivity index (χ1v) is 9.40. The van der Waals surface area contributed by atoms with Crippen LogP contribution in [-0.4, -0.2) is 39.4 Å². The SMILES string of the molecule is CCCC(=O)N1CCC(C(=O)NCc2ccc(-n3ccnc3)c(F)c2)CC1. The highest BCUT2D eigenvalue weighted by molar-refractivity contribution is 5.80. The van der Waals surface area contributed by atoms with Crippen LogP contribution in [0.1, 0.15) is 38.2 Å². The van der Waals surface area contributed by atoms with E-state index in [9.17, 15) is 14.0 Å². The molecule has 0 aliphatic carbocycles. The van der Waals surface area contributed by atoms with Gasteiger partial charge in [0.25, 0.3) is 0 Å². The molecule has 0 spiro atoms. The van der Waals surface area contributed by atoms with Gasteiger partial charge in [-0.25, -0.2) is 9.37 Å². The van der Waals surface area contributed by atoms with Crippen molar-refractivity contribution < 1.29 is 14.0 Å². The number of hydrogen-bond donors (Lipinski definition) is 1. The molecule has 144 valence electrons. The summed E-state index contributed by atoms with van der Waals surface area (Å²) in [6.07, 6.45) is 7.57. The number of hydrogen-bond acceptors (Lipinski definition) is 3. The van der Waals surface area contributed by atoms with Gasteiger partial charge in [0, 0.05) is 44.4 Å². The summed E-state index contributed by atoms with van der Waals surface area (Å²) in [4.78, 5) is 30.1. The van der Waals surface area contributed by atoms with Crippen LogP contribution in [-0.2, 0) is 16.1 Å². The molecule has 1 aliphatic heterocycles. The van der Waals surface area contributed by atoms with E-state index in [4.69, 9.17) is 0 Å². The van der Waals surface area contributed by atoms with Crippen LogP contribution in [0.4, 0.5) is 4.39 Å². The standard InChI is InChI=1S/C20H25FN4O2/c1-2-3-19(26)24-9-6-16(7-10-24)20(27)23-13-15-4-5-18(17(21)12-15)25-11-8-22-14-25/h4-5,8,11-12,14,16H,2-3,6-7,9-10,13H2,1H3,(H,23,27). The quantitative estimate of drug-likeness (QED) is 0.848. The van der Waals surface area contributed by atoms with Crippen LogP contribution < -0.4 is 5.32 Å². The molecule has 1 aromatic carbocycles. The molecule has 1 aromatic heterocycles. The van der Waals surface area contributed by atoms with Crippen molar-refractivity contribution >= 4 is 11.8 Å². The Morgan fingerprint density at radius 3 is 2.70 bits per heavy atom. The molecule has 0 saturated carbocycles. The number of piperidine rings is 1. The Morgan fingerprint density at radius 1 is 1.30 bits per heavy atom. The number of imidazole rings is 1. The van der Waals surface area contributed by atoms with Crippen molar-refractivity contribution in [1.29, 1.82) is 0 Å². The number of likely N-dealkylation sites (tertiary alicyclic amines) is 1. The summed E-state index contributed by atoms with van der Waals surface area (Å²) in [6, 6.07) is 4.91. The van der Waals surface area contributed by atoms with Gasteiger partial charge in [0.2, 0.25) is 11.8 Å². The van der Waals surface area contributed by atoms with Crippen molar-refractivity contribution in [3.8, 4) is 5.69 Å². The molecule has 2 amide bonds. The van der Waals surface area contributed by atoms with E-state index in [-0.39, 0.29) is 30.1 Å². The van der Waals surface area contributed by atoms with Gasteiger partial charge in [-0.1, -0.05) is 13.0 Å². The van der Waals surface area contributed by atoms with Crippen molar-refractivity contribution in [2.75, 3.05) is 13.1 Å². The van der Waals surface area contributed by atoms with Gasteiger partial charge in [-0.05, 0) is 37.0 Å². The zero-order chi connectivity index (χ0) is 19.2. The summed E-state index contributed by atoms with van der Waals surface area (Å²) >= 11 is 0. The lowest BCUT2D eigenvalue weighted by molar-refractivity contribution is -0.135. The molecule has 1 saturated heterocycles. The van der Waals surface area contributed by atoms with E-state index in [1.165, 1.54) is 12.4 Å². The lowest BCUT2D eigenvalue weighted by Crippen LogP contribution is -2.42. The summed E-state index contributed by atoms with van der Waals surface area (Å²) in [5.74, 6) is -0.310. The van der Waals surface area contributed by atoms with Crippen LogP contribution >= 0.6 is 0 Å². The van der Waals surface area contributed by atoms with Gasteiger partial charge in [0.15, 0.2) is 0 Å². The highest BCUT2D eigenvalue weighted by Crippen LogP contribution is 2.19. The van der Waals surface area contributed by atoms with Gasteiger partial charge in [-0.3, -0.25) is 9.59 Å².